The topological polar surface area (TPSA) is 63.4 Å². The van der Waals surface area contributed by atoms with Crippen LogP contribution in [0.5, 0.6) is 0 Å². The lowest BCUT2D eigenvalue weighted by Gasteiger charge is -2.27. The van der Waals surface area contributed by atoms with Gasteiger partial charge >= 0.3 is 0 Å². The Balaban J connectivity index is 1.84. The minimum atomic E-state index is 0.713. The molecular formula is C16H18N4O2. The van der Waals surface area contributed by atoms with E-state index in [1.807, 2.05) is 24.3 Å². The van der Waals surface area contributed by atoms with Gasteiger partial charge in [0.15, 0.2) is 11.4 Å². The number of ether oxygens (including phenoxy) is 1. The molecule has 1 fully saturated rings. The third kappa shape index (κ3) is 2.30. The zero-order valence-electron chi connectivity index (χ0n) is 12.5. The molecule has 1 aromatic carbocycles. The number of anilines is 1. The molecule has 6 nitrogen and oxygen atoms in total. The normalized spacial score (nSPS) is 16.4. The first-order valence-electron chi connectivity index (χ1n) is 7.62. The lowest BCUT2D eigenvalue weighted by Crippen LogP contribution is -2.40. The first-order valence-corrected chi connectivity index (χ1v) is 7.62. The highest BCUT2D eigenvalue weighted by Gasteiger charge is 2.18. The summed E-state index contributed by atoms with van der Waals surface area (Å²) >= 11 is 0. The summed E-state index contributed by atoms with van der Waals surface area (Å²) in [4.78, 5) is 9.26. The van der Waals surface area contributed by atoms with Crippen molar-refractivity contribution in [1.29, 1.82) is 0 Å². The predicted molar refractivity (Wildman–Crippen MR) is 84.7 cm³/mol. The Morgan fingerprint density at radius 3 is 2.82 bits per heavy atom. The van der Waals surface area contributed by atoms with Crippen molar-refractivity contribution in [2.24, 2.45) is 0 Å². The fraction of sp³-hybridized carbons (Fsp3) is 0.375. The van der Waals surface area contributed by atoms with Crippen molar-refractivity contribution in [1.82, 2.24) is 15.0 Å². The van der Waals surface area contributed by atoms with Crippen molar-refractivity contribution in [2.75, 3.05) is 31.7 Å². The molecule has 22 heavy (non-hydrogen) atoms. The average molecular weight is 298 g/mol. The summed E-state index contributed by atoms with van der Waals surface area (Å²) in [6.45, 7) is 5.16. The Morgan fingerprint density at radius 2 is 2.00 bits per heavy atom. The summed E-state index contributed by atoms with van der Waals surface area (Å²) in [6, 6.07) is 7.96. The highest BCUT2D eigenvalue weighted by Crippen LogP contribution is 2.31. The summed E-state index contributed by atoms with van der Waals surface area (Å²) in [7, 11) is 0. The Kier molecular flexibility index (Phi) is 3.40. The number of morpholine rings is 1. The zero-order chi connectivity index (χ0) is 14.9. The number of hydrazine groups is 1. The SMILES string of the molecule is CCc1nc(NN2CCOCC2)c2oc3ccccc3c2n1. The molecule has 0 saturated carbocycles. The number of nitrogens with one attached hydrogen (secondary N) is 1. The number of nitrogens with zero attached hydrogens (tertiary/aromatic N) is 3. The largest absolute Gasteiger partial charge is 0.450 e. The first kappa shape index (κ1) is 13.5. The summed E-state index contributed by atoms with van der Waals surface area (Å²) in [5, 5.41) is 3.14. The third-order valence-corrected chi connectivity index (χ3v) is 3.86. The van der Waals surface area contributed by atoms with Crippen LogP contribution in [0.25, 0.3) is 22.1 Å². The molecule has 3 aromatic rings. The Bertz CT molecular complexity index is 808. The molecule has 0 bridgehead atoms. The van der Waals surface area contributed by atoms with Crippen molar-refractivity contribution < 1.29 is 9.15 Å². The van der Waals surface area contributed by atoms with Crippen LogP contribution in [0.3, 0.4) is 0 Å². The van der Waals surface area contributed by atoms with Crippen molar-refractivity contribution in [3.8, 4) is 0 Å². The van der Waals surface area contributed by atoms with E-state index in [2.05, 4.69) is 27.3 Å². The van der Waals surface area contributed by atoms with Gasteiger partial charge in [-0.15, -0.1) is 0 Å². The second kappa shape index (κ2) is 5.55. The Hall–Kier alpha value is -2.18. The van der Waals surface area contributed by atoms with Gasteiger partial charge in [-0.3, -0.25) is 5.43 Å². The van der Waals surface area contributed by atoms with E-state index in [1.165, 1.54) is 0 Å². The number of hydrogen-bond donors (Lipinski definition) is 1. The fourth-order valence-electron chi connectivity index (χ4n) is 2.70. The van der Waals surface area contributed by atoms with Crippen molar-refractivity contribution in [3.05, 3.63) is 30.1 Å². The van der Waals surface area contributed by atoms with Crippen molar-refractivity contribution in [3.63, 3.8) is 0 Å². The van der Waals surface area contributed by atoms with Gasteiger partial charge in [0.05, 0.1) is 13.2 Å². The Labute approximate surface area is 128 Å². The van der Waals surface area contributed by atoms with Crippen molar-refractivity contribution >= 4 is 27.9 Å². The molecule has 2 aromatic heterocycles. The summed E-state index contributed by atoms with van der Waals surface area (Å²) in [5.74, 6) is 1.55. The monoisotopic (exact) mass is 298 g/mol. The van der Waals surface area contributed by atoms with Crippen LogP contribution in [0.2, 0.25) is 0 Å². The van der Waals surface area contributed by atoms with E-state index in [9.17, 15) is 0 Å². The molecular weight excluding hydrogens is 280 g/mol. The lowest BCUT2D eigenvalue weighted by molar-refractivity contribution is 0.0495. The predicted octanol–water partition coefficient (Wildman–Crippen LogP) is 2.60. The minimum Gasteiger partial charge on any atom is -0.450 e. The highest BCUT2D eigenvalue weighted by molar-refractivity contribution is 6.05. The molecule has 114 valence electrons. The molecule has 1 N–H and O–H groups in total. The molecule has 0 unspecified atom stereocenters. The molecule has 4 rings (SSSR count). The molecule has 1 aliphatic heterocycles. The highest BCUT2D eigenvalue weighted by atomic mass is 16.5. The van der Waals surface area contributed by atoms with E-state index >= 15 is 0 Å². The summed E-state index contributed by atoms with van der Waals surface area (Å²) < 4.78 is 11.4. The van der Waals surface area contributed by atoms with Crippen LogP contribution in [0, 0.1) is 0 Å². The molecule has 1 saturated heterocycles. The maximum absolute atomic E-state index is 5.98. The summed E-state index contributed by atoms with van der Waals surface area (Å²) in [6.07, 6.45) is 0.785. The van der Waals surface area contributed by atoms with Gasteiger partial charge in [-0.2, -0.15) is 0 Å². The molecule has 1 aliphatic rings. The number of benzene rings is 1. The van der Waals surface area contributed by atoms with Crippen LogP contribution in [0.4, 0.5) is 5.82 Å². The number of rotatable bonds is 3. The van der Waals surface area contributed by atoms with E-state index in [0.717, 1.165) is 60.9 Å². The maximum Gasteiger partial charge on any atom is 0.197 e. The molecule has 0 atom stereocenters. The van der Waals surface area contributed by atoms with Gasteiger partial charge in [-0.1, -0.05) is 19.1 Å². The van der Waals surface area contributed by atoms with Gasteiger partial charge in [0, 0.05) is 24.9 Å². The van der Waals surface area contributed by atoms with Crippen LogP contribution in [0.15, 0.2) is 28.7 Å². The van der Waals surface area contributed by atoms with Crippen LogP contribution < -0.4 is 5.43 Å². The molecule has 0 radical (unpaired) electrons. The number of aryl methyl sites for hydroxylation is 1. The number of para-hydroxylation sites is 1. The number of fused-ring (bicyclic) bond motifs is 3. The molecule has 0 amide bonds. The van der Waals surface area contributed by atoms with Gasteiger partial charge in [-0.05, 0) is 12.1 Å². The standard InChI is InChI=1S/C16H18N4O2/c1-2-13-17-14-11-5-3-4-6-12(11)22-15(14)16(18-13)19-20-7-9-21-10-8-20/h3-6H,2,7-10H2,1H3,(H,17,18,19). The Morgan fingerprint density at radius 1 is 1.18 bits per heavy atom. The number of hydrogen-bond acceptors (Lipinski definition) is 6. The lowest BCUT2D eigenvalue weighted by atomic mass is 10.2. The quantitative estimate of drug-likeness (QED) is 0.802. The van der Waals surface area contributed by atoms with Crippen LogP contribution in [-0.2, 0) is 11.2 Å². The second-order valence-electron chi connectivity index (χ2n) is 5.33. The molecule has 0 aliphatic carbocycles. The first-order chi connectivity index (χ1) is 10.8. The minimum absolute atomic E-state index is 0.713. The zero-order valence-corrected chi connectivity index (χ0v) is 12.5. The third-order valence-electron chi connectivity index (χ3n) is 3.86. The molecule has 0 spiro atoms. The van der Waals surface area contributed by atoms with E-state index in [4.69, 9.17) is 9.15 Å². The fourth-order valence-corrected chi connectivity index (χ4v) is 2.70. The maximum atomic E-state index is 5.98. The van der Waals surface area contributed by atoms with E-state index in [1.54, 1.807) is 0 Å². The molecule has 6 heteroatoms. The van der Waals surface area contributed by atoms with E-state index in [0.29, 0.717) is 5.58 Å². The van der Waals surface area contributed by atoms with Gasteiger partial charge in [0.1, 0.15) is 16.9 Å². The van der Waals surface area contributed by atoms with Gasteiger partial charge < -0.3 is 9.15 Å². The van der Waals surface area contributed by atoms with Crippen LogP contribution >= 0.6 is 0 Å². The van der Waals surface area contributed by atoms with Gasteiger partial charge in [0.25, 0.3) is 0 Å². The molecule has 3 heterocycles. The van der Waals surface area contributed by atoms with Crippen LogP contribution in [-0.4, -0.2) is 41.3 Å². The summed E-state index contributed by atoms with van der Waals surface area (Å²) in [5.41, 5.74) is 5.79. The average Bonchev–Trinajstić information content (AvgIpc) is 2.95. The second-order valence-corrected chi connectivity index (χ2v) is 5.33. The van der Waals surface area contributed by atoms with Gasteiger partial charge in [0.2, 0.25) is 0 Å². The van der Waals surface area contributed by atoms with Gasteiger partial charge in [-0.25, -0.2) is 15.0 Å². The number of furan rings is 1. The number of aromatic nitrogens is 2. The van der Waals surface area contributed by atoms with E-state index < -0.39 is 0 Å². The van der Waals surface area contributed by atoms with Crippen molar-refractivity contribution in [2.45, 2.75) is 13.3 Å². The van der Waals surface area contributed by atoms with Crippen LogP contribution in [0.1, 0.15) is 12.7 Å². The smallest absolute Gasteiger partial charge is 0.197 e. The van der Waals surface area contributed by atoms with E-state index in [-0.39, 0.29) is 0 Å².